The van der Waals surface area contributed by atoms with Gasteiger partial charge in [0.2, 0.25) is 11.8 Å². The average molecular weight is 330 g/mol. The standard InChI is InChI=1S/C19H26N2O3/c1-19(12-22)10-4-7-16(19)21-17(23)9-8-14-11-13-5-2-3-6-15(13)20-18(14)24/h2-3,5-6,14,16,22H,4,7-12H2,1H3,(H,20,24)(H,21,23). The first-order valence-corrected chi connectivity index (χ1v) is 8.81. The van der Waals surface area contributed by atoms with Crippen LogP contribution in [0.5, 0.6) is 0 Å². The van der Waals surface area contributed by atoms with E-state index < -0.39 is 0 Å². The van der Waals surface area contributed by atoms with Crippen molar-refractivity contribution in [3.05, 3.63) is 29.8 Å². The number of fused-ring (bicyclic) bond motifs is 1. The lowest BCUT2D eigenvalue weighted by Crippen LogP contribution is -2.45. The van der Waals surface area contributed by atoms with E-state index in [1.54, 1.807) is 0 Å². The van der Waals surface area contributed by atoms with Gasteiger partial charge in [0, 0.05) is 29.5 Å². The molecule has 1 aromatic rings. The molecule has 2 aliphatic rings. The zero-order valence-electron chi connectivity index (χ0n) is 14.2. The van der Waals surface area contributed by atoms with E-state index in [1.807, 2.05) is 31.2 Å². The zero-order valence-corrected chi connectivity index (χ0v) is 14.2. The van der Waals surface area contributed by atoms with Crippen molar-refractivity contribution in [3.63, 3.8) is 0 Å². The fourth-order valence-electron chi connectivity index (χ4n) is 3.89. The van der Waals surface area contributed by atoms with E-state index in [-0.39, 0.29) is 35.8 Å². The maximum absolute atomic E-state index is 12.3. The van der Waals surface area contributed by atoms with Crippen LogP contribution in [0.25, 0.3) is 0 Å². The fraction of sp³-hybridized carbons (Fsp3) is 0.579. The monoisotopic (exact) mass is 330 g/mol. The molecule has 0 saturated heterocycles. The zero-order chi connectivity index (χ0) is 17.2. The van der Waals surface area contributed by atoms with Crippen molar-refractivity contribution in [1.29, 1.82) is 0 Å². The molecule has 1 heterocycles. The maximum Gasteiger partial charge on any atom is 0.227 e. The van der Waals surface area contributed by atoms with Crippen LogP contribution in [0.1, 0.15) is 44.6 Å². The molecule has 5 heteroatoms. The van der Waals surface area contributed by atoms with Crippen LogP contribution in [0, 0.1) is 11.3 Å². The Hall–Kier alpha value is -1.88. The summed E-state index contributed by atoms with van der Waals surface area (Å²) in [5.74, 6) is -0.172. The summed E-state index contributed by atoms with van der Waals surface area (Å²) >= 11 is 0. The van der Waals surface area contributed by atoms with Gasteiger partial charge in [-0.05, 0) is 37.3 Å². The van der Waals surface area contributed by atoms with Gasteiger partial charge in [-0.2, -0.15) is 0 Å². The molecule has 3 rings (SSSR count). The van der Waals surface area contributed by atoms with Crippen LogP contribution in [0.15, 0.2) is 24.3 Å². The number of carbonyl (C=O) groups excluding carboxylic acids is 2. The van der Waals surface area contributed by atoms with E-state index in [2.05, 4.69) is 10.6 Å². The van der Waals surface area contributed by atoms with Crippen molar-refractivity contribution < 1.29 is 14.7 Å². The van der Waals surface area contributed by atoms with Crippen molar-refractivity contribution in [2.45, 2.75) is 51.5 Å². The Morgan fingerprint density at radius 3 is 3.00 bits per heavy atom. The summed E-state index contributed by atoms with van der Waals surface area (Å²) in [5.41, 5.74) is 1.80. The van der Waals surface area contributed by atoms with Gasteiger partial charge in [-0.3, -0.25) is 9.59 Å². The molecule has 130 valence electrons. The number of amides is 2. The van der Waals surface area contributed by atoms with Gasteiger partial charge in [0.25, 0.3) is 0 Å². The number of nitrogens with one attached hydrogen (secondary N) is 2. The Morgan fingerprint density at radius 2 is 2.21 bits per heavy atom. The number of hydrogen-bond donors (Lipinski definition) is 3. The second kappa shape index (κ2) is 6.93. The molecule has 5 nitrogen and oxygen atoms in total. The van der Waals surface area contributed by atoms with Gasteiger partial charge in [0.15, 0.2) is 0 Å². The summed E-state index contributed by atoms with van der Waals surface area (Å²) in [6, 6.07) is 7.85. The molecule has 0 aromatic heterocycles. The number of hydrogen-bond acceptors (Lipinski definition) is 3. The summed E-state index contributed by atoms with van der Waals surface area (Å²) in [6.07, 6.45) is 4.47. The maximum atomic E-state index is 12.3. The highest BCUT2D eigenvalue weighted by Gasteiger charge is 2.39. The number of rotatable bonds is 5. The van der Waals surface area contributed by atoms with E-state index in [9.17, 15) is 14.7 Å². The number of benzene rings is 1. The lowest BCUT2D eigenvalue weighted by molar-refractivity contribution is -0.124. The predicted molar refractivity (Wildman–Crippen MR) is 92.5 cm³/mol. The second-order valence-electron chi connectivity index (χ2n) is 7.41. The molecule has 1 aliphatic carbocycles. The number of para-hydroxylation sites is 1. The highest BCUT2D eigenvalue weighted by Crippen LogP contribution is 2.37. The second-order valence-corrected chi connectivity index (χ2v) is 7.41. The summed E-state index contributed by atoms with van der Waals surface area (Å²) in [4.78, 5) is 24.5. The molecule has 0 spiro atoms. The molecule has 3 unspecified atom stereocenters. The third-order valence-corrected chi connectivity index (χ3v) is 5.61. The van der Waals surface area contributed by atoms with Gasteiger partial charge in [-0.1, -0.05) is 31.5 Å². The molecule has 3 N–H and O–H groups in total. The number of carbonyl (C=O) groups is 2. The van der Waals surface area contributed by atoms with Gasteiger partial charge in [-0.15, -0.1) is 0 Å². The molecule has 0 radical (unpaired) electrons. The van der Waals surface area contributed by atoms with E-state index in [4.69, 9.17) is 0 Å². The molecule has 1 saturated carbocycles. The largest absolute Gasteiger partial charge is 0.396 e. The topological polar surface area (TPSA) is 78.4 Å². The summed E-state index contributed by atoms with van der Waals surface area (Å²) in [5, 5.41) is 15.6. The van der Waals surface area contributed by atoms with Gasteiger partial charge in [0.1, 0.15) is 0 Å². The van der Waals surface area contributed by atoms with Crippen LogP contribution in [0.4, 0.5) is 5.69 Å². The number of aliphatic hydroxyl groups excluding tert-OH is 1. The molecule has 0 bridgehead atoms. The highest BCUT2D eigenvalue weighted by molar-refractivity contribution is 5.96. The van der Waals surface area contributed by atoms with E-state index in [0.29, 0.717) is 19.3 Å². The number of aliphatic hydroxyl groups is 1. The summed E-state index contributed by atoms with van der Waals surface area (Å²) in [6.45, 7) is 2.12. The van der Waals surface area contributed by atoms with E-state index >= 15 is 0 Å². The normalized spacial score (nSPS) is 29.0. The number of anilines is 1. The predicted octanol–water partition coefficient (Wildman–Crippen LogP) is 2.24. The first-order valence-electron chi connectivity index (χ1n) is 8.81. The Balaban J connectivity index is 1.53. The molecule has 2 amide bonds. The summed E-state index contributed by atoms with van der Waals surface area (Å²) < 4.78 is 0. The van der Waals surface area contributed by atoms with Crippen LogP contribution >= 0.6 is 0 Å². The Kier molecular flexibility index (Phi) is 4.90. The van der Waals surface area contributed by atoms with E-state index in [1.165, 1.54) is 0 Å². The Bertz CT molecular complexity index is 631. The van der Waals surface area contributed by atoms with Crippen LogP contribution in [0.3, 0.4) is 0 Å². The molecule has 1 aromatic carbocycles. The van der Waals surface area contributed by atoms with Crippen LogP contribution in [0.2, 0.25) is 0 Å². The van der Waals surface area contributed by atoms with Gasteiger partial charge < -0.3 is 15.7 Å². The third kappa shape index (κ3) is 3.46. The van der Waals surface area contributed by atoms with Crippen molar-refractivity contribution in [1.82, 2.24) is 5.32 Å². The molecular weight excluding hydrogens is 304 g/mol. The molecule has 1 aliphatic heterocycles. The molecule has 3 atom stereocenters. The first kappa shape index (κ1) is 17.0. The lowest BCUT2D eigenvalue weighted by Gasteiger charge is -2.30. The minimum atomic E-state index is -0.211. The highest BCUT2D eigenvalue weighted by atomic mass is 16.3. The quantitative estimate of drug-likeness (QED) is 0.775. The molecular formula is C19H26N2O3. The van der Waals surface area contributed by atoms with Gasteiger partial charge in [0.05, 0.1) is 6.61 Å². The van der Waals surface area contributed by atoms with Gasteiger partial charge >= 0.3 is 0 Å². The van der Waals surface area contributed by atoms with E-state index in [0.717, 1.165) is 30.5 Å². The molecule has 1 fully saturated rings. The van der Waals surface area contributed by atoms with Crippen LogP contribution < -0.4 is 10.6 Å². The third-order valence-electron chi connectivity index (χ3n) is 5.61. The van der Waals surface area contributed by atoms with Crippen LogP contribution in [-0.4, -0.2) is 29.6 Å². The van der Waals surface area contributed by atoms with Gasteiger partial charge in [-0.25, -0.2) is 0 Å². The SMILES string of the molecule is CC1(CO)CCCC1NC(=O)CCC1Cc2ccccc2NC1=O. The Labute approximate surface area is 142 Å². The van der Waals surface area contributed by atoms with Crippen molar-refractivity contribution in [2.24, 2.45) is 11.3 Å². The van der Waals surface area contributed by atoms with Crippen molar-refractivity contribution in [2.75, 3.05) is 11.9 Å². The smallest absolute Gasteiger partial charge is 0.227 e. The fourth-order valence-corrected chi connectivity index (χ4v) is 3.89. The van der Waals surface area contributed by atoms with Crippen molar-refractivity contribution in [3.8, 4) is 0 Å². The van der Waals surface area contributed by atoms with Crippen LogP contribution in [-0.2, 0) is 16.0 Å². The average Bonchev–Trinajstić information content (AvgIpc) is 2.94. The lowest BCUT2D eigenvalue weighted by atomic mass is 9.85. The Morgan fingerprint density at radius 1 is 1.42 bits per heavy atom. The minimum Gasteiger partial charge on any atom is -0.396 e. The minimum absolute atomic E-state index is 0.00237. The first-order chi connectivity index (χ1) is 11.5. The summed E-state index contributed by atoms with van der Waals surface area (Å²) in [7, 11) is 0. The molecule has 24 heavy (non-hydrogen) atoms. The van der Waals surface area contributed by atoms with Crippen molar-refractivity contribution >= 4 is 17.5 Å².